The first-order chi connectivity index (χ1) is 16.9. The van der Waals surface area contributed by atoms with Crippen LogP contribution >= 0.6 is 0 Å². The molecule has 0 spiro atoms. The fraction of sp³-hybridized carbons (Fsp3) is 0.423. The van der Waals surface area contributed by atoms with Crippen molar-refractivity contribution in [3.63, 3.8) is 0 Å². The lowest BCUT2D eigenvalue weighted by atomic mass is 9.76. The molecular weight excluding hydrogens is 445 g/mol. The zero-order chi connectivity index (χ0) is 25.6. The third kappa shape index (κ3) is 9.43. The van der Waals surface area contributed by atoms with Crippen molar-refractivity contribution >= 4 is 19.1 Å². The number of nitrogens with one attached hydrogen (secondary N) is 1. The second kappa shape index (κ2) is 14.8. The lowest BCUT2D eigenvalue weighted by Crippen LogP contribution is -2.48. The van der Waals surface area contributed by atoms with Gasteiger partial charge in [-0.25, -0.2) is 4.79 Å². The van der Waals surface area contributed by atoms with Gasteiger partial charge in [0.05, 0.1) is 18.6 Å². The van der Waals surface area contributed by atoms with Crippen LogP contribution in [0.4, 0.5) is 4.79 Å². The van der Waals surface area contributed by atoms with Crippen molar-refractivity contribution in [1.29, 1.82) is 5.26 Å². The molecule has 0 saturated heterocycles. The fourth-order valence-corrected chi connectivity index (χ4v) is 3.80. The van der Waals surface area contributed by atoms with Crippen molar-refractivity contribution in [2.24, 2.45) is 5.92 Å². The molecule has 0 bridgehead atoms. The van der Waals surface area contributed by atoms with E-state index >= 15 is 0 Å². The van der Waals surface area contributed by atoms with Crippen molar-refractivity contribution in [1.82, 2.24) is 10.2 Å². The molecule has 2 aromatic carbocycles. The molecule has 9 heteroatoms. The topological polar surface area (TPSA) is 123 Å². The molecule has 0 saturated carbocycles. The molecule has 3 N–H and O–H groups in total. The average molecular weight is 479 g/mol. The molecule has 8 nitrogen and oxygen atoms in total. The van der Waals surface area contributed by atoms with E-state index in [2.05, 4.69) is 11.4 Å². The number of hydrogen-bond acceptors (Lipinski definition) is 6. The summed E-state index contributed by atoms with van der Waals surface area (Å²) in [5, 5.41) is 31.1. The lowest BCUT2D eigenvalue weighted by molar-refractivity contribution is -0.133. The number of carbonyl (C=O) groups is 2. The van der Waals surface area contributed by atoms with Gasteiger partial charge in [-0.1, -0.05) is 54.6 Å². The monoisotopic (exact) mass is 479 g/mol. The maximum atomic E-state index is 12.5. The highest BCUT2D eigenvalue weighted by Crippen LogP contribution is 2.15. The number of amides is 2. The van der Waals surface area contributed by atoms with Gasteiger partial charge in [-0.05, 0) is 49.8 Å². The maximum absolute atomic E-state index is 12.5. The van der Waals surface area contributed by atoms with Crippen LogP contribution in [0, 0.1) is 17.2 Å². The molecule has 2 aromatic rings. The van der Waals surface area contributed by atoms with Gasteiger partial charge in [0.15, 0.2) is 0 Å². The van der Waals surface area contributed by atoms with Crippen LogP contribution in [0.3, 0.4) is 0 Å². The SMILES string of the molecule is CCN(CC)C(=O)C(C#N)CCc1cccc(CCOC(=O)N[C@@H](Cc2ccccc2)B(O)O)c1. The second-order valence-electron chi connectivity index (χ2n) is 8.29. The summed E-state index contributed by atoms with van der Waals surface area (Å²) in [4.78, 5) is 26.3. The Morgan fingerprint density at radius 1 is 1.03 bits per heavy atom. The van der Waals surface area contributed by atoms with E-state index in [1.165, 1.54) is 0 Å². The van der Waals surface area contributed by atoms with Gasteiger partial charge < -0.3 is 25.0 Å². The minimum atomic E-state index is -1.72. The molecule has 0 aliphatic carbocycles. The Hall–Kier alpha value is -3.35. The van der Waals surface area contributed by atoms with Crippen LogP contribution in [0.5, 0.6) is 0 Å². The number of nitriles is 1. The molecule has 2 atom stereocenters. The highest BCUT2D eigenvalue weighted by atomic mass is 16.5. The summed E-state index contributed by atoms with van der Waals surface area (Å²) in [6, 6.07) is 19.1. The Balaban J connectivity index is 1.83. The lowest BCUT2D eigenvalue weighted by Gasteiger charge is -2.21. The summed E-state index contributed by atoms with van der Waals surface area (Å²) >= 11 is 0. The third-order valence-electron chi connectivity index (χ3n) is 5.83. The van der Waals surface area contributed by atoms with Crippen molar-refractivity contribution in [2.75, 3.05) is 19.7 Å². The number of benzene rings is 2. The molecule has 0 aliphatic heterocycles. The summed E-state index contributed by atoms with van der Waals surface area (Å²) in [5.41, 5.74) is 2.83. The summed E-state index contributed by atoms with van der Waals surface area (Å²) in [7, 11) is -1.72. The number of hydrogen-bond donors (Lipinski definition) is 3. The Kier molecular flexibility index (Phi) is 11.8. The van der Waals surface area contributed by atoms with E-state index in [0.717, 1.165) is 16.7 Å². The van der Waals surface area contributed by atoms with Crippen LogP contribution < -0.4 is 5.32 Å². The molecule has 0 aliphatic rings. The largest absolute Gasteiger partial charge is 0.475 e. The van der Waals surface area contributed by atoms with Crippen LogP contribution in [0.25, 0.3) is 0 Å². The summed E-state index contributed by atoms with van der Waals surface area (Å²) < 4.78 is 5.24. The van der Waals surface area contributed by atoms with Gasteiger partial charge in [0.25, 0.3) is 0 Å². The Morgan fingerprint density at radius 2 is 1.66 bits per heavy atom. The second-order valence-corrected chi connectivity index (χ2v) is 8.29. The molecule has 1 unspecified atom stereocenters. The van der Waals surface area contributed by atoms with Crippen molar-refractivity contribution < 1.29 is 24.4 Å². The first-order valence-corrected chi connectivity index (χ1v) is 12.0. The summed E-state index contributed by atoms with van der Waals surface area (Å²) in [6.45, 7) is 5.09. The molecule has 0 fully saturated rings. The van der Waals surface area contributed by atoms with Crippen LogP contribution in [0.2, 0.25) is 0 Å². The number of rotatable bonds is 13. The predicted molar refractivity (Wildman–Crippen MR) is 134 cm³/mol. The van der Waals surface area contributed by atoms with Gasteiger partial charge >= 0.3 is 13.2 Å². The van der Waals surface area contributed by atoms with Gasteiger partial charge in [0, 0.05) is 19.5 Å². The van der Waals surface area contributed by atoms with E-state index in [9.17, 15) is 24.9 Å². The number of carbonyl (C=O) groups excluding carboxylic acids is 2. The molecule has 0 aromatic heterocycles. The highest BCUT2D eigenvalue weighted by molar-refractivity contribution is 6.43. The molecule has 2 amide bonds. The number of alkyl carbamates (subject to hydrolysis) is 1. The highest BCUT2D eigenvalue weighted by Gasteiger charge is 2.26. The molecule has 186 valence electrons. The van der Waals surface area contributed by atoms with Gasteiger partial charge in [0.1, 0.15) is 5.92 Å². The third-order valence-corrected chi connectivity index (χ3v) is 5.83. The van der Waals surface area contributed by atoms with Gasteiger partial charge in [0.2, 0.25) is 5.91 Å². The van der Waals surface area contributed by atoms with E-state index < -0.39 is 25.1 Å². The van der Waals surface area contributed by atoms with Crippen LogP contribution in [0.15, 0.2) is 54.6 Å². The smallest absolute Gasteiger partial charge is 0.449 e. The molecule has 2 rings (SSSR count). The molecule has 0 radical (unpaired) electrons. The van der Waals surface area contributed by atoms with Crippen LogP contribution in [0.1, 0.15) is 37.0 Å². The van der Waals surface area contributed by atoms with E-state index in [4.69, 9.17) is 4.74 Å². The van der Waals surface area contributed by atoms with Gasteiger partial charge in [-0.3, -0.25) is 4.79 Å². The van der Waals surface area contributed by atoms with Crippen molar-refractivity contribution in [2.45, 2.75) is 45.5 Å². The summed E-state index contributed by atoms with van der Waals surface area (Å²) in [5.74, 6) is -1.69. The fourth-order valence-electron chi connectivity index (χ4n) is 3.80. The standard InChI is InChI=1S/C26H34BN3O5/c1-3-30(4-2)25(31)23(19-28)14-13-21-11-8-12-22(17-21)15-16-35-26(32)29-24(27(33)34)18-20-9-6-5-7-10-20/h5-12,17,23-24,33-34H,3-4,13-16,18H2,1-2H3,(H,29,32)/t23?,24-/m0/s1. The first kappa shape index (κ1) is 27.9. The number of aryl methyl sites for hydroxylation is 1. The Bertz CT molecular complexity index is 976. The normalized spacial score (nSPS) is 12.2. The zero-order valence-electron chi connectivity index (χ0n) is 20.4. The Labute approximate surface area is 207 Å². The molecule has 35 heavy (non-hydrogen) atoms. The van der Waals surface area contributed by atoms with E-state index in [1.54, 1.807) is 4.90 Å². The molecule has 0 heterocycles. The van der Waals surface area contributed by atoms with E-state index in [-0.39, 0.29) is 18.9 Å². The zero-order valence-corrected chi connectivity index (χ0v) is 20.4. The van der Waals surface area contributed by atoms with Crippen LogP contribution in [-0.2, 0) is 28.8 Å². The van der Waals surface area contributed by atoms with Crippen LogP contribution in [-0.4, -0.2) is 59.7 Å². The van der Waals surface area contributed by atoms with Gasteiger partial charge in [-0.2, -0.15) is 5.26 Å². The predicted octanol–water partition coefficient (Wildman–Crippen LogP) is 2.52. The van der Waals surface area contributed by atoms with E-state index in [1.807, 2.05) is 68.4 Å². The van der Waals surface area contributed by atoms with Crippen molar-refractivity contribution in [3.05, 3.63) is 71.3 Å². The summed E-state index contributed by atoms with van der Waals surface area (Å²) in [6.07, 6.45) is 1.06. The minimum Gasteiger partial charge on any atom is -0.449 e. The van der Waals surface area contributed by atoms with Crippen molar-refractivity contribution in [3.8, 4) is 6.07 Å². The minimum absolute atomic E-state index is 0.121. The first-order valence-electron chi connectivity index (χ1n) is 12.0. The average Bonchev–Trinajstić information content (AvgIpc) is 2.85. The maximum Gasteiger partial charge on any atom is 0.475 e. The van der Waals surface area contributed by atoms with E-state index in [0.29, 0.717) is 32.4 Å². The van der Waals surface area contributed by atoms with Gasteiger partial charge in [-0.15, -0.1) is 0 Å². The quantitative estimate of drug-likeness (QED) is 0.380. The number of nitrogens with zero attached hydrogens (tertiary/aromatic N) is 2. The number of ether oxygens (including phenoxy) is 1. The Morgan fingerprint density at radius 3 is 2.26 bits per heavy atom. The molecular formula is C26H34BN3O5.